The molecule has 0 atom stereocenters. The Hall–Kier alpha value is -3.67. The number of amides is 1. The molecule has 1 N–H and O–H groups in total. The summed E-state index contributed by atoms with van der Waals surface area (Å²) in [4.78, 5) is 17.2. The Bertz CT molecular complexity index is 1170. The monoisotopic (exact) mass is 403 g/mol. The van der Waals surface area contributed by atoms with E-state index in [2.05, 4.69) is 5.32 Å². The van der Waals surface area contributed by atoms with Crippen molar-refractivity contribution in [3.8, 4) is 17.0 Å². The maximum Gasteiger partial charge on any atom is 0.220 e. The van der Waals surface area contributed by atoms with Gasteiger partial charge < -0.3 is 14.5 Å². The number of hydrogen-bond acceptors (Lipinski definition) is 3. The minimum absolute atomic E-state index is 0.0474. The topological polar surface area (TPSA) is 55.6 Å². The van der Waals surface area contributed by atoms with Crippen LogP contribution in [-0.2, 0) is 17.8 Å². The number of halogens is 1. The van der Waals surface area contributed by atoms with Crippen LogP contribution in [0, 0.1) is 5.82 Å². The van der Waals surface area contributed by atoms with E-state index < -0.39 is 0 Å². The zero-order valence-corrected chi connectivity index (χ0v) is 16.6. The molecule has 2 aromatic heterocycles. The van der Waals surface area contributed by atoms with E-state index in [4.69, 9.17) is 9.72 Å². The lowest BCUT2D eigenvalue weighted by Gasteiger charge is -2.08. The van der Waals surface area contributed by atoms with Gasteiger partial charge in [0.25, 0.3) is 0 Å². The van der Waals surface area contributed by atoms with E-state index in [0.29, 0.717) is 19.4 Å². The van der Waals surface area contributed by atoms with Gasteiger partial charge in [-0.2, -0.15) is 0 Å². The molecule has 0 spiro atoms. The number of benzene rings is 2. The summed E-state index contributed by atoms with van der Waals surface area (Å²) in [6.45, 7) is 0.438. The number of aromatic nitrogens is 2. The van der Waals surface area contributed by atoms with Crippen molar-refractivity contribution in [1.29, 1.82) is 0 Å². The lowest BCUT2D eigenvalue weighted by molar-refractivity contribution is -0.121. The summed E-state index contributed by atoms with van der Waals surface area (Å²) in [5.74, 6) is 0.422. The lowest BCUT2D eigenvalue weighted by atomic mass is 10.1. The average Bonchev–Trinajstić information content (AvgIpc) is 3.15. The molecule has 0 aliphatic carbocycles. The number of fused-ring (bicyclic) bond motifs is 1. The molecule has 6 heteroatoms. The summed E-state index contributed by atoms with van der Waals surface area (Å²) < 4.78 is 20.5. The van der Waals surface area contributed by atoms with Crippen molar-refractivity contribution >= 4 is 11.6 Å². The van der Waals surface area contributed by atoms with Crippen LogP contribution in [0.15, 0.2) is 72.9 Å². The summed E-state index contributed by atoms with van der Waals surface area (Å²) >= 11 is 0. The van der Waals surface area contributed by atoms with Gasteiger partial charge in [0.15, 0.2) is 0 Å². The molecule has 0 saturated heterocycles. The second-order valence-electron chi connectivity index (χ2n) is 6.97. The van der Waals surface area contributed by atoms with Gasteiger partial charge in [0.1, 0.15) is 17.2 Å². The van der Waals surface area contributed by atoms with E-state index >= 15 is 0 Å². The maximum atomic E-state index is 13.3. The molecule has 152 valence electrons. The van der Waals surface area contributed by atoms with Crippen LogP contribution in [0.4, 0.5) is 4.39 Å². The number of rotatable bonds is 7. The largest absolute Gasteiger partial charge is 0.497 e. The molecular formula is C24H22FN3O2. The Balaban J connectivity index is 1.49. The number of pyridine rings is 1. The minimum atomic E-state index is -0.291. The van der Waals surface area contributed by atoms with Gasteiger partial charge in [-0.05, 0) is 60.5 Å². The van der Waals surface area contributed by atoms with Gasteiger partial charge in [0.2, 0.25) is 5.91 Å². The molecule has 30 heavy (non-hydrogen) atoms. The number of aryl methyl sites for hydroxylation is 1. The molecule has 0 fully saturated rings. The molecule has 2 heterocycles. The summed E-state index contributed by atoms with van der Waals surface area (Å²) in [6.07, 6.45) is 2.77. The third-order valence-electron chi connectivity index (χ3n) is 4.96. The fourth-order valence-corrected chi connectivity index (χ4v) is 3.43. The fraction of sp³-hybridized carbons (Fsp3) is 0.167. The highest BCUT2D eigenvalue weighted by molar-refractivity contribution is 5.77. The molecule has 0 radical (unpaired) electrons. The molecule has 0 aliphatic rings. The molecular weight excluding hydrogens is 381 g/mol. The normalized spacial score (nSPS) is 10.9. The molecule has 1 amide bonds. The number of carbonyl (C=O) groups is 1. The van der Waals surface area contributed by atoms with Crippen LogP contribution >= 0.6 is 0 Å². The first-order valence-corrected chi connectivity index (χ1v) is 9.75. The van der Waals surface area contributed by atoms with E-state index in [0.717, 1.165) is 33.9 Å². The van der Waals surface area contributed by atoms with Gasteiger partial charge in [-0.1, -0.05) is 18.2 Å². The van der Waals surface area contributed by atoms with Crippen molar-refractivity contribution in [2.24, 2.45) is 0 Å². The summed E-state index contributed by atoms with van der Waals surface area (Å²) in [7, 11) is 1.62. The van der Waals surface area contributed by atoms with Crippen molar-refractivity contribution in [3.05, 3.63) is 90.0 Å². The van der Waals surface area contributed by atoms with Gasteiger partial charge in [-0.3, -0.25) is 4.79 Å². The second kappa shape index (κ2) is 8.78. The molecule has 0 aliphatic heterocycles. The molecule has 2 aromatic carbocycles. The number of methoxy groups -OCH3 is 1. The Morgan fingerprint density at radius 3 is 2.73 bits per heavy atom. The summed E-state index contributed by atoms with van der Waals surface area (Å²) in [5, 5.41) is 2.95. The van der Waals surface area contributed by atoms with Crippen LogP contribution in [0.2, 0.25) is 0 Å². The molecule has 4 rings (SSSR count). The van der Waals surface area contributed by atoms with Crippen LogP contribution < -0.4 is 10.1 Å². The van der Waals surface area contributed by atoms with E-state index in [1.165, 1.54) is 12.1 Å². The Morgan fingerprint density at radius 1 is 1.10 bits per heavy atom. The highest BCUT2D eigenvalue weighted by Gasteiger charge is 2.15. The van der Waals surface area contributed by atoms with Crippen molar-refractivity contribution in [2.75, 3.05) is 7.11 Å². The van der Waals surface area contributed by atoms with Gasteiger partial charge in [0, 0.05) is 24.7 Å². The first-order valence-electron chi connectivity index (χ1n) is 9.75. The van der Waals surface area contributed by atoms with Crippen molar-refractivity contribution in [3.63, 3.8) is 0 Å². The number of carbonyl (C=O) groups excluding carboxylic acids is 1. The van der Waals surface area contributed by atoms with Crippen LogP contribution in [0.25, 0.3) is 16.9 Å². The number of hydrogen-bond donors (Lipinski definition) is 1. The Kier molecular flexibility index (Phi) is 5.75. The lowest BCUT2D eigenvalue weighted by Crippen LogP contribution is -2.23. The van der Waals surface area contributed by atoms with E-state index in [-0.39, 0.29) is 11.7 Å². The zero-order chi connectivity index (χ0) is 20.9. The first kappa shape index (κ1) is 19.6. The third kappa shape index (κ3) is 4.33. The number of nitrogens with one attached hydrogen (secondary N) is 1. The van der Waals surface area contributed by atoms with Crippen LogP contribution in [0.1, 0.15) is 17.7 Å². The molecule has 0 bridgehead atoms. The molecule has 0 unspecified atom stereocenters. The standard InChI is InChI=1S/C24H22FN3O2/c1-30-20-6-4-5-17(15-20)16-26-23(29)13-12-21-24(18-8-10-19(25)11-9-18)27-22-7-2-3-14-28(21)22/h2-11,14-15H,12-13,16H2,1H3,(H,26,29). The predicted octanol–water partition coefficient (Wildman–Crippen LogP) is 4.40. The van der Waals surface area contributed by atoms with E-state index in [9.17, 15) is 9.18 Å². The van der Waals surface area contributed by atoms with Crippen LogP contribution in [0.3, 0.4) is 0 Å². The highest BCUT2D eigenvalue weighted by atomic mass is 19.1. The van der Waals surface area contributed by atoms with Gasteiger partial charge in [-0.25, -0.2) is 9.37 Å². The van der Waals surface area contributed by atoms with E-state index in [1.54, 1.807) is 19.2 Å². The van der Waals surface area contributed by atoms with Gasteiger partial charge in [-0.15, -0.1) is 0 Å². The predicted molar refractivity (Wildman–Crippen MR) is 114 cm³/mol. The van der Waals surface area contributed by atoms with Crippen LogP contribution in [0.5, 0.6) is 5.75 Å². The molecule has 0 saturated carbocycles. The fourth-order valence-electron chi connectivity index (χ4n) is 3.43. The maximum absolute atomic E-state index is 13.3. The second-order valence-corrected chi connectivity index (χ2v) is 6.97. The molecule has 4 aromatic rings. The number of ether oxygens (including phenoxy) is 1. The highest BCUT2D eigenvalue weighted by Crippen LogP contribution is 2.26. The smallest absolute Gasteiger partial charge is 0.220 e. The first-order chi connectivity index (χ1) is 14.6. The average molecular weight is 403 g/mol. The van der Waals surface area contributed by atoms with Crippen LogP contribution in [-0.4, -0.2) is 22.4 Å². The van der Waals surface area contributed by atoms with Gasteiger partial charge in [0.05, 0.1) is 18.5 Å². The van der Waals surface area contributed by atoms with E-state index in [1.807, 2.05) is 53.1 Å². The van der Waals surface area contributed by atoms with Crippen molar-refractivity contribution in [2.45, 2.75) is 19.4 Å². The summed E-state index contributed by atoms with van der Waals surface area (Å²) in [5.41, 5.74) is 4.29. The third-order valence-corrected chi connectivity index (χ3v) is 4.96. The zero-order valence-electron chi connectivity index (χ0n) is 16.6. The molecule has 5 nitrogen and oxygen atoms in total. The minimum Gasteiger partial charge on any atom is -0.497 e. The Morgan fingerprint density at radius 2 is 1.93 bits per heavy atom. The number of imidazole rings is 1. The number of nitrogens with zero attached hydrogens (tertiary/aromatic N) is 2. The summed E-state index contributed by atoms with van der Waals surface area (Å²) in [6, 6.07) is 19.6. The SMILES string of the molecule is COc1cccc(CNC(=O)CCc2c(-c3ccc(F)cc3)nc3ccccn23)c1. The van der Waals surface area contributed by atoms with Crippen molar-refractivity contribution in [1.82, 2.24) is 14.7 Å². The van der Waals surface area contributed by atoms with Crippen molar-refractivity contribution < 1.29 is 13.9 Å². The van der Waals surface area contributed by atoms with Gasteiger partial charge >= 0.3 is 0 Å². The Labute approximate surface area is 174 Å². The quantitative estimate of drug-likeness (QED) is 0.498.